The number of rotatable bonds is 0. The summed E-state index contributed by atoms with van der Waals surface area (Å²) < 4.78 is 0. The van der Waals surface area contributed by atoms with Gasteiger partial charge in [0.05, 0.1) is 0 Å². The third-order valence-corrected chi connectivity index (χ3v) is 6.06. The minimum absolute atomic E-state index is 1.02. The van der Waals surface area contributed by atoms with Crippen molar-refractivity contribution in [3.63, 3.8) is 0 Å². The van der Waals surface area contributed by atoms with Crippen molar-refractivity contribution in [1.82, 2.24) is 0 Å². The van der Waals surface area contributed by atoms with E-state index in [0.717, 1.165) is 35.5 Å². The summed E-state index contributed by atoms with van der Waals surface area (Å²) in [5, 5.41) is 0. The largest absolute Gasteiger partial charge is 0.0622 e. The summed E-state index contributed by atoms with van der Waals surface area (Å²) in [5.74, 6) is 6.66. The van der Waals surface area contributed by atoms with E-state index in [2.05, 4.69) is 13.8 Å². The zero-order chi connectivity index (χ0) is 10.4. The maximum Gasteiger partial charge on any atom is -0.0323 e. The van der Waals surface area contributed by atoms with E-state index in [1.807, 2.05) is 0 Å². The van der Waals surface area contributed by atoms with E-state index in [9.17, 15) is 0 Å². The Morgan fingerprint density at radius 1 is 0.733 bits per heavy atom. The molecule has 0 heterocycles. The molecule has 0 aliphatic heterocycles. The molecule has 3 fully saturated rings. The van der Waals surface area contributed by atoms with Crippen LogP contribution in [0.3, 0.4) is 0 Å². The van der Waals surface area contributed by atoms with Crippen LogP contribution >= 0.6 is 0 Å². The molecule has 0 radical (unpaired) electrons. The van der Waals surface area contributed by atoms with Gasteiger partial charge in [-0.25, -0.2) is 0 Å². The monoisotopic (exact) mass is 206 g/mol. The Labute approximate surface area is 94.8 Å². The Kier molecular flexibility index (Phi) is 2.57. The molecule has 0 bridgehead atoms. The van der Waals surface area contributed by atoms with Crippen molar-refractivity contribution in [3.05, 3.63) is 0 Å². The molecule has 3 saturated carbocycles. The second-order valence-electron chi connectivity index (χ2n) is 6.63. The second kappa shape index (κ2) is 3.79. The van der Waals surface area contributed by atoms with Crippen LogP contribution in [0.2, 0.25) is 0 Å². The van der Waals surface area contributed by atoms with Gasteiger partial charge in [-0.3, -0.25) is 0 Å². The van der Waals surface area contributed by atoms with Crippen molar-refractivity contribution in [2.24, 2.45) is 35.5 Å². The fraction of sp³-hybridized carbons (Fsp3) is 1.00. The van der Waals surface area contributed by atoms with Crippen LogP contribution in [0.1, 0.15) is 58.8 Å². The number of hydrogen-bond acceptors (Lipinski definition) is 0. The Hall–Kier alpha value is 0. The lowest BCUT2D eigenvalue weighted by atomic mass is 9.53. The molecule has 3 aliphatic rings. The molecule has 3 aliphatic carbocycles. The van der Waals surface area contributed by atoms with Gasteiger partial charge in [0.15, 0.2) is 0 Å². The average Bonchev–Trinajstić information content (AvgIpc) is 2.42. The normalized spacial score (nSPS) is 54.8. The van der Waals surface area contributed by atoms with Crippen LogP contribution in [0.4, 0.5) is 0 Å². The van der Waals surface area contributed by atoms with Crippen molar-refractivity contribution >= 4 is 0 Å². The Balaban J connectivity index is 1.73. The van der Waals surface area contributed by atoms with Crippen LogP contribution in [-0.2, 0) is 0 Å². The van der Waals surface area contributed by atoms with E-state index >= 15 is 0 Å². The maximum atomic E-state index is 2.53. The summed E-state index contributed by atoms with van der Waals surface area (Å²) >= 11 is 0. The molecule has 0 spiro atoms. The van der Waals surface area contributed by atoms with E-state index in [1.165, 1.54) is 25.7 Å². The predicted molar refractivity (Wildman–Crippen MR) is 64.6 cm³/mol. The highest BCUT2D eigenvalue weighted by Crippen LogP contribution is 2.62. The lowest BCUT2D eigenvalue weighted by Crippen LogP contribution is -2.46. The standard InChI is InChI=1S/C15H26/c1-10-9-14-12-7-5-3-4-6-8-13(12)15(14)11(10)2/h10-15H,3-9H2,1-2H3. The summed E-state index contributed by atoms with van der Waals surface area (Å²) in [6.07, 6.45) is 10.8. The summed E-state index contributed by atoms with van der Waals surface area (Å²) in [6, 6.07) is 0. The van der Waals surface area contributed by atoms with E-state index < -0.39 is 0 Å². The SMILES string of the molecule is CC1CC2C3CCCCCCC3C2C1C. The molecular formula is C15H26. The molecule has 86 valence electrons. The van der Waals surface area contributed by atoms with Crippen molar-refractivity contribution < 1.29 is 0 Å². The fourth-order valence-electron chi connectivity index (χ4n) is 5.14. The van der Waals surface area contributed by atoms with Gasteiger partial charge in [-0.05, 0) is 54.8 Å². The number of fused-ring (bicyclic) bond motifs is 4. The topological polar surface area (TPSA) is 0 Å². The van der Waals surface area contributed by atoms with E-state index in [1.54, 1.807) is 19.3 Å². The van der Waals surface area contributed by atoms with Crippen LogP contribution in [0, 0.1) is 35.5 Å². The first-order valence-electron chi connectivity index (χ1n) is 7.29. The highest BCUT2D eigenvalue weighted by Gasteiger charge is 2.56. The van der Waals surface area contributed by atoms with Gasteiger partial charge >= 0.3 is 0 Å². The molecule has 0 aromatic rings. The van der Waals surface area contributed by atoms with Gasteiger partial charge in [-0.1, -0.05) is 39.5 Å². The van der Waals surface area contributed by atoms with Crippen molar-refractivity contribution in [1.29, 1.82) is 0 Å². The van der Waals surface area contributed by atoms with Gasteiger partial charge in [0.1, 0.15) is 0 Å². The average molecular weight is 206 g/mol. The Morgan fingerprint density at radius 2 is 1.40 bits per heavy atom. The Bertz CT molecular complexity index is 232. The smallest absolute Gasteiger partial charge is 0.0323 e. The van der Waals surface area contributed by atoms with Gasteiger partial charge in [-0.15, -0.1) is 0 Å². The highest BCUT2D eigenvalue weighted by molar-refractivity contribution is 5.04. The van der Waals surface area contributed by atoms with Crippen molar-refractivity contribution in [3.8, 4) is 0 Å². The third kappa shape index (κ3) is 1.47. The van der Waals surface area contributed by atoms with Gasteiger partial charge in [0.2, 0.25) is 0 Å². The second-order valence-corrected chi connectivity index (χ2v) is 6.63. The lowest BCUT2D eigenvalue weighted by Gasteiger charge is -2.52. The van der Waals surface area contributed by atoms with E-state index in [4.69, 9.17) is 0 Å². The quantitative estimate of drug-likeness (QED) is 0.547. The molecule has 0 aromatic heterocycles. The lowest BCUT2D eigenvalue weighted by molar-refractivity contribution is -0.0360. The van der Waals surface area contributed by atoms with Crippen molar-refractivity contribution in [2.75, 3.05) is 0 Å². The molecule has 15 heavy (non-hydrogen) atoms. The molecule has 0 saturated heterocycles. The van der Waals surface area contributed by atoms with Gasteiger partial charge in [-0.2, -0.15) is 0 Å². The molecule has 6 unspecified atom stereocenters. The van der Waals surface area contributed by atoms with Crippen LogP contribution in [-0.4, -0.2) is 0 Å². The van der Waals surface area contributed by atoms with Crippen LogP contribution in [0.15, 0.2) is 0 Å². The maximum absolute atomic E-state index is 2.53. The van der Waals surface area contributed by atoms with E-state index in [-0.39, 0.29) is 0 Å². The van der Waals surface area contributed by atoms with E-state index in [0.29, 0.717) is 0 Å². The highest BCUT2D eigenvalue weighted by atomic mass is 14.6. The van der Waals surface area contributed by atoms with Gasteiger partial charge < -0.3 is 0 Å². The summed E-state index contributed by atoms with van der Waals surface area (Å²) in [7, 11) is 0. The van der Waals surface area contributed by atoms with Crippen LogP contribution in [0.25, 0.3) is 0 Å². The zero-order valence-corrected chi connectivity index (χ0v) is 10.4. The first kappa shape index (κ1) is 10.2. The predicted octanol–water partition coefficient (Wildman–Crippen LogP) is 4.49. The van der Waals surface area contributed by atoms with Crippen LogP contribution in [0.5, 0.6) is 0 Å². The van der Waals surface area contributed by atoms with Gasteiger partial charge in [0, 0.05) is 0 Å². The fourth-order valence-corrected chi connectivity index (χ4v) is 5.14. The minimum Gasteiger partial charge on any atom is -0.0622 e. The van der Waals surface area contributed by atoms with Gasteiger partial charge in [0.25, 0.3) is 0 Å². The van der Waals surface area contributed by atoms with Crippen LogP contribution < -0.4 is 0 Å². The summed E-state index contributed by atoms with van der Waals surface area (Å²) in [5.41, 5.74) is 0. The molecule has 3 rings (SSSR count). The molecule has 0 nitrogen and oxygen atoms in total. The molecule has 0 aromatic carbocycles. The molecule has 0 N–H and O–H groups in total. The minimum atomic E-state index is 1.02. The summed E-state index contributed by atoms with van der Waals surface area (Å²) in [4.78, 5) is 0. The summed E-state index contributed by atoms with van der Waals surface area (Å²) in [6.45, 7) is 5.03. The first-order chi connectivity index (χ1) is 7.29. The van der Waals surface area contributed by atoms with Crippen molar-refractivity contribution in [2.45, 2.75) is 58.8 Å². The third-order valence-electron chi connectivity index (χ3n) is 6.06. The number of hydrogen-bond donors (Lipinski definition) is 0. The molecular weight excluding hydrogens is 180 g/mol. The Morgan fingerprint density at radius 3 is 2.13 bits per heavy atom. The zero-order valence-electron chi connectivity index (χ0n) is 10.4. The molecule has 0 amide bonds. The molecule has 0 heteroatoms. The first-order valence-corrected chi connectivity index (χ1v) is 7.29. The molecule has 6 atom stereocenters.